The number of nitrogen functional groups attached to an aromatic ring is 1. The molecule has 0 saturated carbocycles. The first-order valence-corrected chi connectivity index (χ1v) is 5.96. The van der Waals surface area contributed by atoms with Crippen molar-refractivity contribution in [3.05, 3.63) is 40.7 Å². The molecule has 1 aromatic carbocycles. The first-order chi connectivity index (χ1) is 8.99. The van der Waals surface area contributed by atoms with Gasteiger partial charge in [0.1, 0.15) is 0 Å². The lowest BCUT2D eigenvalue weighted by molar-refractivity contribution is 0.100. The van der Waals surface area contributed by atoms with Crippen LogP contribution in [0.15, 0.2) is 24.4 Å². The molecule has 0 unspecified atom stereocenters. The summed E-state index contributed by atoms with van der Waals surface area (Å²) in [6.45, 7) is 0.473. The molecule has 0 atom stereocenters. The smallest absolute Gasteiger partial charge is 0.250 e. The van der Waals surface area contributed by atoms with Gasteiger partial charge in [-0.25, -0.2) is 0 Å². The molecule has 0 saturated heterocycles. The summed E-state index contributed by atoms with van der Waals surface area (Å²) in [6, 6.07) is 4.93. The van der Waals surface area contributed by atoms with Gasteiger partial charge in [0, 0.05) is 18.9 Å². The SMILES string of the molecule is Cn1nccc1CNc1c(Cl)cc(N)cc1C(N)=O. The lowest BCUT2D eigenvalue weighted by Gasteiger charge is -2.13. The van der Waals surface area contributed by atoms with Crippen molar-refractivity contribution in [2.45, 2.75) is 6.54 Å². The zero-order valence-corrected chi connectivity index (χ0v) is 11.1. The molecule has 19 heavy (non-hydrogen) atoms. The number of carbonyl (C=O) groups is 1. The lowest BCUT2D eigenvalue weighted by atomic mass is 10.1. The quantitative estimate of drug-likeness (QED) is 0.736. The van der Waals surface area contributed by atoms with Crippen molar-refractivity contribution in [1.29, 1.82) is 0 Å². The predicted octanol–water partition coefficient (Wildman–Crippen LogP) is 1.37. The highest BCUT2D eigenvalue weighted by Gasteiger charge is 2.13. The molecule has 1 heterocycles. The van der Waals surface area contributed by atoms with E-state index in [1.807, 2.05) is 13.1 Å². The molecule has 7 heteroatoms. The summed E-state index contributed by atoms with van der Waals surface area (Å²) in [4.78, 5) is 11.4. The van der Waals surface area contributed by atoms with Gasteiger partial charge in [0.05, 0.1) is 28.5 Å². The van der Waals surface area contributed by atoms with Gasteiger partial charge in [-0.3, -0.25) is 9.48 Å². The van der Waals surface area contributed by atoms with Gasteiger partial charge in [-0.05, 0) is 18.2 Å². The number of primary amides is 1. The number of hydrogen-bond acceptors (Lipinski definition) is 4. The molecular weight excluding hydrogens is 266 g/mol. The molecule has 0 aliphatic carbocycles. The summed E-state index contributed by atoms with van der Waals surface area (Å²) >= 11 is 6.09. The fourth-order valence-corrected chi connectivity index (χ4v) is 2.05. The number of nitrogens with zero attached hydrogens (tertiary/aromatic N) is 2. The number of benzene rings is 1. The number of aryl methyl sites for hydroxylation is 1. The Kier molecular flexibility index (Phi) is 3.62. The van der Waals surface area contributed by atoms with Gasteiger partial charge < -0.3 is 16.8 Å². The molecule has 1 aromatic heterocycles. The predicted molar refractivity (Wildman–Crippen MR) is 74.9 cm³/mol. The Morgan fingerprint density at radius 2 is 2.26 bits per heavy atom. The topological polar surface area (TPSA) is 99.0 Å². The molecule has 6 nitrogen and oxygen atoms in total. The summed E-state index contributed by atoms with van der Waals surface area (Å²) in [5.74, 6) is -0.582. The summed E-state index contributed by atoms with van der Waals surface area (Å²) < 4.78 is 1.72. The van der Waals surface area contributed by atoms with Gasteiger partial charge in [-0.2, -0.15) is 5.10 Å². The van der Waals surface area contributed by atoms with Crippen LogP contribution in [0, 0.1) is 0 Å². The van der Waals surface area contributed by atoms with Crippen LogP contribution in [0.3, 0.4) is 0 Å². The van der Waals surface area contributed by atoms with Gasteiger partial charge >= 0.3 is 0 Å². The normalized spacial score (nSPS) is 10.4. The second-order valence-electron chi connectivity index (χ2n) is 4.09. The van der Waals surface area contributed by atoms with Crippen molar-refractivity contribution in [2.75, 3.05) is 11.1 Å². The number of hydrogen-bond donors (Lipinski definition) is 3. The van der Waals surface area contributed by atoms with E-state index in [-0.39, 0.29) is 5.56 Å². The molecule has 0 bridgehead atoms. The molecule has 2 rings (SSSR count). The summed E-state index contributed by atoms with van der Waals surface area (Å²) in [5, 5.41) is 7.50. The van der Waals surface area contributed by atoms with Crippen LogP contribution in [0.25, 0.3) is 0 Å². The van der Waals surface area contributed by atoms with E-state index in [1.54, 1.807) is 16.9 Å². The number of anilines is 2. The van der Waals surface area contributed by atoms with Crippen LogP contribution < -0.4 is 16.8 Å². The van der Waals surface area contributed by atoms with E-state index < -0.39 is 5.91 Å². The van der Waals surface area contributed by atoms with Gasteiger partial charge in [0.2, 0.25) is 0 Å². The molecule has 0 radical (unpaired) electrons. The number of rotatable bonds is 4. The van der Waals surface area contributed by atoms with Crippen LogP contribution >= 0.6 is 11.6 Å². The van der Waals surface area contributed by atoms with Gasteiger partial charge in [-0.15, -0.1) is 0 Å². The molecule has 0 fully saturated rings. The van der Waals surface area contributed by atoms with Crippen molar-refractivity contribution in [1.82, 2.24) is 9.78 Å². The molecule has 100 valence electrons. The minimum atomic E-state index is -0.582. The maximum absolute atomic E-state index is 11.4. The summed E-state index contributed by atoms with van der Waals surface area (Å²) in [6.07, 6.45) is 1.69. The van der Waals surface area contributed by atoms with Crippen molar-refractivity contribution in [2.24, 2.45) is 12.8 Å². The number of nitrogens with two attached hydrogens (primary N) is 2. The van der Waals surface area contributed by atoms with Crippen molar-refractivity contribution < 1.29 is 4.79 Å². The zero-order chi connectivity index (χ0) is 14.0. The van der Waals surface area contributed by atoms with E-state index >= 15 is 0 Å². The fraction of sp³-hybridized carbons (Fsp3) is 0.167. The van der Waals surface area contributed by atoms with Crippen LogP contribution in [0.2, 0.25) is 5.02 Å². The first-order valence-electron chi connectivity index (χ1n) is 5.58. The van der Waals surface area contributed by atoms with Crippen molar-refractivity contribution in [3.63, 3.8) is 0 Å². The number of amides is 1. The minimum absolute atomic E-state index is 0.271. The average molecular weight is 280 g/mol. The van der Waals surface area contributed by atoms with Gasteiger partial charge in [-0.1, -0.05) is 11.6 Å². The molecular formula is C12H14ClN5O. The largest absolute Gasteiger partial charge is 0.399 e. The van der Waals surface area contributed by atoms with Crippen LogP contribution in [0.1, 0.15) is 16.1 Å². The standard InChI is InChI=1S/C12H14ClN5O/c1-18-8(2-3-17-18)6-16-11-9(12(15)19)4-7(14)5-10(11)13/h2-5,16H,6,14H2,1H3,(H2,15,19). The third-order valence-corrected chi connectivity index (χ3v) is 3.04. The third kappa shape index (κ3) is 2.79. The van der Waals surface area contributed by atoms with Crippen LogP contribution in [0.4, 0.5) is 11.4 Å². The molecule has 1 amide bonds. The van der Waals surface area contributed by atoms with Crippen molar-refractivity contribution in [3.8, 4) is 0 Å². The Morgan fingerprint density at radius 1 is 1.53 bits per heavy atom. The summed E-state index contributed by atoms with van der Waals surface area (Å²) in [5.41, 5.74) is 13.1. The third-order valence-electron chi connectivity index (χ3n) is 2.75. The maximum atomic E-state index is 11.4. The second-order valence-corrected chi connectivity index (χ2v) is 4.50. The number of halogens is 1. The Hall–Kier alpha value is -2.21. The van der Waals surface area contributed by atoms with Crippen molar-refractivity contribution >= 4 is 28.9 Å². The highest BCUT2D eigenvalue weighted by molar-refractivity contribution is 6.34. The average Bonchev–Trinajstić information content (AvgIpc) is 2.73. The van der Waals surface area contributed by atoms with E-state index in [4.69, 9.17) is 23.1 Å². The maximum Gasteiger partial charge on any atom is 0.250 e. The fourth-order valence-electron chi connectivity index (χ4n) is 1.76. The highest BCUT2D eigenvalue weighted by atomic mass is 35.5. The number of carbonyl (C=O) groups excluding carboxylic acids is 1. The Labute approximate surface area is 115 Å². The van der Waals surface area contributed by atoms with Crippen LogP contribution in [-0.4, -0.2) is 15.7 Å². The van der Waals surface area contributed by atoms with Crippen LogP contribution in [-0.2, 0) is 13.6 Å². The van der Waals surface area contributed by atoms with Crippen LogP contribution in [0.5, 0.6) is 0 Å². The van der Waals surface area contributed by atoms with Gasteiger partial charge in [0.15, 0.2) is 0 Å². The minimum Gasteiger partial charge on any atom is -0.399 e. The first kappa shape index (κ1) is 13.2. The molecule has 0 aliphatic heterocycles. The van der Waals surface area contributed by atoms with E-state index in [0.717, 1.165) is 5.69 Å². The number of aromatic nitrogens is 2. The van der Waals surface area contributed by atoms with Gasteiger partial charge in [0.25, 0.3) is 5.91 Å². The Balaban J connectivity index is 2.29. The molecule has 0 aliphatic rings. The Bertz CT molecular complexity index is 623. The highest BCUT2D eigenvalue weighted by Crippen LogP contribution is 2.29. The summed E-state index contributed by atoms with van der Waals surface area (Å²) in [7, 11) is 1.83. The Morgan fingerprint density at radius 3 is 2.84 bits per heavy atom. The lowest BCUT2D eigenvalue weighted by Crippen LogP contribution is -2.16. The van der Waals surface area contributed by atoms with E-state index in [0.29, 0.717) is 22.9 Å². The monoisotopic (exact) mass is 279 g/mol. The zero-order valence-electron chi connectivity index (χ0n) is 10.4. The van der Waals surface area contributed by atoms with E-state index in [1.165, 1.54) is 6.07 Å². The second kappa shape index (κ2) is 5.19. The van der Waals surface area contributed by atoms with E-state index in [2.05, 4.69) is 10.4 Å². The molecule has 2 aromatic rings. The molecule has 5 N–H and O–H groups in total. The molecule has 0 spiro atoms. The number of nitrogens with one attached hydrogen (secondary N) is 1. The van der Waals surface area contributed by atoms with E-state index in [9.17, 15) is 4.79 Å².